The molecule has 0 radical (unpaired) electrons. The van der Waals surface area contributed by atoms with Crippen molar-refractivity contribution >= 4 is 0 Å². The lowest BCUT2D eigenvalue weighted by Gasteiger charge is -2.19. The lowest BCUT2D eigenvalue weighted by atomic mass is 9.97. The molecule has 0 aliphatic carbocycles. The van der Waals surface area contributed by atoms with Crippen molar-refractivity contribution in [3.8, 4) is 0 Å². The maximum atomic E-state index is 13.9. The number of aromatic nitrogens is 1. The van der Waals surface area contributed by atoms with Crippen molar-refractivity contribution in [2.75, 3.05) is 7.05 Å². The van der Waals surface area contributed by atoms with Crippen LogP contribution in [0.25, 0.3) is 0 Å². The van der Waals surface area contributed by atoms with Crippen LogP contribution in [0.5, 0.6) is 0 Å². The molecular weight excluding hydrogens is 227 g/mol. The Morgan fingerprint density at radius 2 is 1.78 bits per heavy atom. The summed E-state index contributed by atoms with van der Waals surface area (Å²) in [5.74, 6) is -0.197. The lowest BCUT2D eigenvalue weighted by molar-refractivity contribution is 0.574. The van der Waals surface area contributed by atoms with Gasteiger partial charge < -0.3 is 5.32 Å². The van der Waals surface area contributed by atoms with Crippen LogP contribution in [0.2, 0.25) is 0 Å². The minimum absolute atomic E-state index is 0.167. The van der Waals surface area contributed by atoms with Crippen molar-refractivity contribution in [3.05, 3.63) is 64.7 Å². The van der Waals surface area contributed by atoms with Crippen LogP contribution >= 0.6 is 0 Å². The number of rotatable bonds is 3. The molecule has 1 aromatic heterocycles. The third-order valence-corrected chi connectivity index (χ3v) is 3.08. The molecule has 2 rings (SSSR count). The Bertz CT molecular complexity index is 552. The summed E-state index contributed by atoms with van der Waals surface area (Å²) in [6.45, 7) is 3.90. The van der Waals surface area contributed by atoms with Gasteiger partial charge in [0.25, 0.3) is 0 Å². The van der Waals surface area contributed by atoms with E-state index in [1.54, 1.807) is 12.1 Å². The van der Waals surface area contributed by atoms with Crippen molar-refractivity contribution < 1.29 is 4.39 Å². The standard InChI is InChI=1S/C15H17FN2/c1-10-8-9-12(11(2)18-10)15(17-3)13-6-4-5-7-14(13)16/h4-9,15,17H,1-3H3. The van der Waals surface area contributed by atoms with E-state index in [-0.39, 0.29) is 11.9 Å². The number of nitrogens with one attached hydrogen (secondary N) is 1. The highest BCUT2D eigenvalue weighted by atomic mass is 19.1. The molecule has 0 saturated carbocycles. The third-order valence-electron chi connectivity index (χ3n) is 3.08. The number of hydrogen-bond donors (Lipinski definition) is 1. The van der Waals surface area contributed by atoms with Crippen LogP contribution in [0, 0.1) is 19.7 Å². The Hall–Kier alpha value is -1.74. The second-order valence-corrected chi connectivity index (χ2v) is 4.37. The van der Waals surface area contributed by atoms with Gasteiger partial charge in [0.05, 0.1) is 6.04 Å². The van der Waals surface area contributed by atoms with Crippen molar-refractivity contribution in [1.82, 2.24) is 10.3 Å². The second-order valence-electron chi connectivity index (χ2n) is 4.37. The van der Waals surface area contributed by atoms with Gasteiger partial charge in [-0.2, -0.15) is 0 Å². The SMILES string of the molecule is CNC(c1ccccc1F)c1ccc(C)nc1C. The van der Waals surface area contributed by atoms with Gasteiger partial charge in [0.2, 0.25) is 0 Å². The maximum Gasteiger partial charge on any atom is 0.128 e. The van der Waals surface area contributed by atoms with E-state index in [1.165, 1.54) is 6.07 Å². The fraction of sp³-hybridized carbons (Fsp3) is 0.267. The first-order valence-electron chi connectivity index (χ1n) is 5.99. The summed E-state index contributed by atoms with van der Waals surface area (Å²) in [4.78, 5) is 4.44. The van der Waals surface area contributed by atoms with Gasteiger partial charge in [0.15, 0.2) is 0 Å². The largest absolute Gasteiger partial charge is 0.309 e. The Morgan fingerprint density at radius 3 is 2.39 bits per heavy atom. The molecule has 0 aliphatic heterocycles. The van der Waals surface area contributed by atoms with Gasteiger partial charge in [-0.3, -0.25) is 4.98 Å². The van der Waals surface area contributed by atoms with E-state index in [0.717, 1.165) is 17.0 Å². The quantitative estimate of drug-likeness (QED) is 0.897. The predicted octanol–water partition coefficient (Wildman–Crippen LogP) is 3.15. The molecule has 1 heterocycles. The maximum absolute atomic E-state index is 13.9. The molecule has 1 unspecified atom stereocenters. The number of halogens is 1. The van der Waals surface area contributed by atoms with E-state index in [9.17, 15) is 4.39 Å². The Morgan fingerprint density at radius 1 is 1.06 bits per heavy atom. The molecule has 1 N–H and O–H groups in total. The fourth-order valence-electron chi connectivity index (χ4n) is 2.19. The van der Waals surface area contributed by atoms with Gasteiger partial charge in [0.1, 0.15) is 5.82 Å². The first kappa shape index (κ1) is 12.7. The summed E-state index contributed by atoms with van der Waals surface area (Å²) >= 11 is 0. The molecule has 3 heteroatoms. The van der Waals surface area contributed by atoms with Crippen LogP contribution in [-0.2, 0) is 0 Å². The third kappa shape index (κ3) is 2.41. The Kier molecular flexibility index (Phi) is 3.72. The number of aryl methyl sites for hydroxylation is 2. The molecule has 2 aromatic rings. The number of nitrogens with zero attached hydrogens (tertiary/aromatic N) is 1. The average molecular weight is 244 g/mol. The molecule has 18 heavy (non-hydrogen) atoms. The van der Waals surface area contributed by atoms with Gasteiger partial charge in [-0.25, -0.2) is 4.39 Å². The zero-order valence-electron chi connectivity index (χ0n) is 10.9. The van der Waals surface area contributed by atoms with Crippen molar-refractivity contribution in [2.45, 2.75) is 19.9 Å². The van der Waals surface area contributed by atoms with E-state index in [1.807, 2.05) is 39.1 Å². The normalized spacial score (nSPS) is 12.4. The molecule has 0 spiro atoms. The number of hydrogen-bond acceptors (Lipinski definition) is 2. The average Bonchev–Trinajstić information content (AvgIpc) is 2.34. The van der Waals surface area contributed by atoms with Gasteiger partial charge in [0, 0.05) is 17.0 Å². The molecule has 0 saturated heterocycles. The van der Waals surface area contributed by atoms with E-state index in [0.29, 0.717) is 5.56 Å². The molecule has 1 aromatic carbocycles. The first-order valence-corrected chi connectivity index (χ1v) is 5.99. The van der Waals surface area contributed by atoms with Gasteiger partial charge in [-0.1, -0.05) is 24.3 Å². The summed E-state index contributed by atoms with van der Waals surface area (Å²) in [6.07, 6.45) is 0. The summed E-state index contributed by atoms with van der Waals surface area (Å²) in [5, 5.41) is 3.16. The van der Waals surface area contributed by atoms with Crippen LogP contribution in [0.3, 0.4) is 0 Å². The summed E-state index contributed by atoms with van der Waals surface area (Å²) in [7, 11) is 1.83. The zero-order chi connectivity index (χ0) is 13.1. The van der Waals surface area contributed by atoms with Crippen molar-refractivity contribution in [1.29, 1.82) is 0 Å². The Balaban J connectivity index is 2.49. The van der Waals surface area contributed by atoms with Crippen LogP contribution < -0.4 is 5.32 Å². The molecule has 94 valence electrons. The van der Waals surface area contributed by atoms with E-state index in [4.69, 9.17) is 0 Å². The van der Waals surface area contributed by atoms with Gasteiger partial charge in [-0.15, -0.1) is 0 Å². The molecule has 1 atom stereocenters. The van der Waals surface area contributed by atoms with Gasteiger partial charge >= 0.3 is 0 Å². The summed E-state index contributed by atoms with van der Waals surface area (Å²) in [6, 6.07) is 10.6. The Labute approximate surface area is 107 Å². The van der Waals surface area contributed by atoms with E-state index >= 15 is 0 Å². The lowest BCUT2D eigenvalue weighted by Crippen LogP contribution is -2.20. The van der Waals surface area contributed by atoms with Crippen LogP contribution in [0.15, 0.2) is 36.4 Å². The smallest absolute Gasteiger partial charge is 0.128 e. The molecule has 0 fully saturated rings. The van der Waals surface area contributed by atoms with Crippen molar-refractivity contribution in [3.63, 3.8) is 0 Å². The van der Waals surface area contributed by atoms with Crippen molar-refractivity contribution in [2.24, 2.45) is 0 Å². The summed E-state index contributed by atoms with van der Waals surface area (Å²) in [5.41, 5.74) is 3.55. The van der Waals surface area contributed by atoms with E-state index in [2.05, 4.69) is 10.3 Å². The molecular formula is C15H17FN2. The number of benzene rings is 1. The van der Waals surface area contributed by atoms with Gasteiger partial charge in [-0.05, 0) is 38.6 Å². The van der Waals surface area contributed by atoms with E-state index < -0.39 is 0 Å². The predicted molar refractivity (Wildman–Crippen MR) is 71.0 cm³/mol. The molecule has 2 nitrogen and oxygen atoms in total. The molecule has 0 amide bonds. The van der Waals surface area contributed by atoms with Crippen LogP contribution in [0.4, 0.5) is 4.39 Å². The summed E-state index contributed by atoms with van der Waals surface area (Å²) < 4.78 is 13.9. The second kappa shape index (κ2) is 5.27. The topological polar surface area (TPSA) is 24.9 Å². The molecule has 0 aliphatic rings. The monoisotopic (exact) mass is 244 g/mol. The van der Waals surface area contributed by atoms with Crippen LogP contribution in [0.1, 0.15) is 28.6 Å². The first-order chi connectivity index (χ1) is 8.63. The highest BCUT2D eigenvalue weighted by molar-refractivity contribution is 5.35. The molecule has 0 bridgehead atoms. The number of pyridine rings is 1. The van der Waals surface area contributed by atoms with Crippen LogP contribution in [-0.4, -0.2) is 12.0 Å². The highest BCUT2D eigenvalue weighted by Crippen LogP contribution is 2.25. The minimum Gasteiger partial charge on any atom is -0.309 e. The highest BCUT2D eigenvalue weighted by Gasteiger charge is 2.17. The zero-order valence-corrected chi connectivity index (χ0v) is 10.9. The minimum atomic E-state index is -0.197. The fourth-order valence-corrected chi connectivity index (χ4v) is 2.19.